The smallest absolute Gasteiger partial charge is 0.123 e. The van der Waals surface area contributed by atoms with E-state index in [9.17, 15) is 9.30 Å². The molecule has 16 heavy (non-hydrogen) atoms. The van der Waals surface area contributed by atoms with Crippen LogP contribution in [0.25, 0.3) is 0 Å². The van der Waals surface area contributed by atoms with Crippen LogP contribution in [0, 0.1) is 10.7 Å². The van der Waals surface area contributed by atoms with Crippen molar-refractivity contribution in [2.75, 3.05) is 7.05 Å². The summed E-state index contributed by atoms with van der Waals surface area (Å²) >= 11 is 0. The minimum absolute atomic E-state index is 0.0226. The summed E-state index contributed by atoms with van der Waals surface area (Å²) in [6.07, 6.45) is 0. The van der Waals surface area contributed by atoms with E-state index in [2.05, 4.69) is 24.9 Å². The standard InChI is InChI=1S/C11H17FN2OSi/c1-14(13-15)11(16(2,3)4)9-5-7-10(12)8-6-9/h5-8,11H,1-4H3. The Labute approximate surface area is 96.2 Å². The molecule has 5 heteroatoms. The van der Waals surface area contributed by atoms with Gasteiger partial charge >= 0.3 is 0 Å². The number of hydrogen-bond acceptors (Lipinski definition) is 2. The van der Waals surface area contributed by atoms with E-state index in [0.29, 0.717) is 0 Å². The molecule has 1 unspecified atom stereocenters. The van der Waals surface area contributed by atoms with Crippen LogP contribution >= 0.6 is 0 Å². The van der Waals surface area contributed by atoms with Crippen LogP contribution in [0.4, 0.5) is 4.39 Å². The molecule has 0 saturated carbocycles. The van der Waals surface area contributed by atoms with Crippen LogP contribution < -0.4 is 0 Å². The van der Waals surface area contributed by atoms with Crippen molar-refractivity contribution < 1.29 is 4.39 Å². The molecule has 0 bridgehead atoms. The summed E-state index contributed by atoms with van der Waals surface area (Å²) in [7, 11) is 0.0468. The number of halogens is 1. The van der Waals surface area contributed by atoms with Gasteiger partial charge in [0.05, 0.1) is 19.0 Å². The molecule has 0 heterocycles. The molecule has 0 aromatic heterocycles. The van der Waals surface area contributed by atoms with Gasteiger partial charge in [0.2, 0.25) is 0 Å². The third-order valence-corrected chi connectivity index (χ3v) is 4.86. The maximum absolute atomic E-state index is 12.8. The average molecular weight is 240 g/mol. The Morgan fingerprint density at radius 1 is 1.25 bits per heavy atom. The van der Waals surface area contributed by atoms with E-state index in [-0.39, 0.29) is 11.5 Å². The predicted molar refractivity (Wildman–Crippen MR) is 66.0 cm³/mol. The van der Waals surface area contributed by atoms with Gasteiger partial charge in [-0.15, -0.1) is 4.91 Å². The molecule has 1 aromatic carbocycles. The van der Waals surface area contributed by atoms with Gasteiger partial charge < -0.3 is 0 Å². The molecule has 0 fully saturated rings. The van der Waals surface area contributed by atoms with Crippen molar-refractivity contribution in [3.8, 4) is 0 Å². The highest BCUT2D eigenvalue weighted by molar-refractivity contribution is 6.77. The zero-order chi connectivity index (χ0) is 12.3. The third-order valence-electron chi connectivity index (χ3n) is 2.51. The summed E-state index contributed by atoms with van der Waals surface area (Å²) in [6, 6.07) is 6.28. The van der Waals surface area contributed by atoms with Crippen molar-refractivity contribution in [3.63, 3.8) is 0 Å². The van der Waals surface area contributed by atoms with Gasteiger partial charge in [0.1, 0.15) is 5.82 Å². The fraction of sp³-hybridized carbons (Fsp3) is 0.455. The van der Waals surface area contributed by atoms with Crippen molar-refractivity contribution in [1.29, 1.82) is 0 Å². The van der Waals surface area contributed by atoms with Crippen LogP contribution in [0.3, 0.4) is 0 Å². The van der Waals surface area contributed by atoms with Crippen LogP contribution in [-0.4, -0.2) is 20.1 Å². The quantitative estimate of drug-likeness (QED) is 0.459. The van der Waals surface area contributed by atoms with E-state index >= 15 is 0 Å². The molecular weight excluding hydrogens is 223 g/mol. The van der Waals surface area contributed by atoms with Gasteiger partial charge in [0.15, 0.2) is 0 Å². The van der Waals surface area contributed by atoms with E-state index in [1.807, 2.05) is 0 Å². The summed E-state index contributed by atoms with van der Waals surface area (Å²) < 4.78 is 12.8. The van der Waals surface area contributed by atoms with Gasteiger partial charge in [-0.05, 0) is 17.7 Å². The highest BCUT2D eigenvalue weighted by Crippen LogP contribution is 2.29. The molecule has 1 rings (SSSR count). The highest BCUT2D eigenvalue weighted by Gasteiger charge is 2.32. The molecule has 0 amide bonds. The molecule has 1 aromatic rings. The van der Waals surface area contributed by atoms with Crippen molar-refractivity contribution in [3.05, 3.63) is 40.6 Å². The molecular formula is C11H17FN2OSi. The number of hydrogen-bond donors (Lipinski definition) is 0. The first-order valence-electron chi connectivity index (χ1n) is 5.18. The Morgan fingerprint density at radius 3 is 2.12 bits per heavy atom. The number of benzene rings is 1. The van der Waals surface area contributed by atoms with Gasteiger partial charge in [-0.1, -0.05) is 31.8 Å². The molecule has 0 spiro atoms. The van der Waals surface area contributed by atoms with Crippen LogP contribution in [0.15, 0.2) is 29.6 Å². The van der Waals surface area contributed by atoms with E-state index in [4.69, 9.17) is 0 Å². The largest absolute Gasteiger partial charge is 0.260 e. The molecule has 0 radical (unpaired) electrons. The van der Waals surface area contributed by atoms with Gasteiger partial charge in [0.25, 0.3) is 0 Å². The lowest BCUT2D eigenvalue weighted by molar-refractivity contribution is 0.315. The number of nitrogens with zero attached hydrogens (tertiary/aromatic N) is 2. The van der Waals surface area contributed by atoms with Crippen LogP contribution in [0.1, 0.15) is 11.2 Å². The van der Waals surface area contributed by atoms with Crippen LogP contribution in [0.5, 0.6) is 0 Å². The van der Waals surface area contributed by atoms with Crippen molar-refractivity contribution >= 4 is 8.07 Å². The topological polar surface area (TPSA) is 32.7 Å². The van der Waals surface area contributed by atoms with Crippen LogP contribution in [-0.2, 0) is 0 Å². The first-order chi connectivity index (χ1) is 7.36. The Hall–Kier alpha value is -1.23. The van der Waals surface area contributed by atoms with Gasteiger partial charge in [0, 0.05) is 7.05 Å². The lowest BCUT2D eigenvalue weighted by Crippen LogP contribution is -2.39. The summed E-state index contributed by atoms with van der Waals surface area (Å²) in [6.45, 7) is 6.47. The second-order valence-electron chi connectivity index (χ2n) is 4.98. The maximum Gasteiger partial charge on any atom is 0.123 e. The Balaban J connectivity index is 3.11. The molecule has 0 aliphatic carbocycles. The predicted octanol–water partition coefficient (Wildman–Crippen LogP) is 3.36. The normalized spacial score (nSPS) is 13.3. The summed E-state index contributed by atoms with van der Waals surface area (Å²) in [5.41, 5.74) is 0.924. The molecule has 0 N–H and O–H groups in total. The Morgan fingerprint density at radius 2 is 1.75 bits per heavy atom. The minimum Gasteiger partial charge on any atom is -0.260 e. The van der Waals surface area contributed by atoms with Crippen LogP contribution in [0.2, 0.25) is 19.6 Å². The molecule has 0 aliphatic rings. The molecule has 0 saturated heterocycles. The zero-order valence-electron chi connectivity index (χ0n) is 10.1. The summed E-state index contributed by atoms with van der Waals surface area (Å²) in [4.78, 5) is 10.7. The molecule has 88 valence electrons. The summed E-state index contributed by atoms with van der Waals surface area (Å²) in [5.74, 6) is -0.264. The lowest BCUT2D eigenvalue weighted by atomic mass is 10.2. The van der Waals surface area contributed by atoms with E-state index < -0.39 is 8.07 Å². The van der Waals surface area contributed by atoms with Crippen molar-refractivity contribution in [1.82, 2.24) is 5.01 Å². The Kier molecular flexibility index (Phi) is 3.80. The fourth-order valence-corrected chi connectivity index (χ4v) is 4.33. The molecule has 3 nitrogen and oxygen atoms in total. The highest BCUT2D eigenvalue weighted by atomic mass is 28.3. The molecule has 1 atom stereocenters. The van der Waals surface area contributed by atoms with E-state index in [1.54, 1.807) is 19.2 Å². The third kappa shape index (κ3) is 2.88. The molecule has 0 aliphatic heterocycles. The van der Waals surface area contributed by atoms with Gasteiger partial charge in [-0.2, -0.15) is 0 Å². The maximum atomic E-state index is 12.8. The van der Waals surface area contributed by atoms with Gasteiger partial charge in [-0.25, -0.2) is 4.39 Å². The zero-order valence-corrected chi connectivity index (χ0v) is 11.1. The number of rotatable bonds is 4. The van der Waals surface area contributed by atoms with Crippen molar-refractivity contribution in [2.24, 2.45) is 5.29 Å². The van der Waals surface area contributed by atoms with E-state index in [1.165, 1.54) is 17.1 Å². The minimum atomic E-state index is -1.62. The fourth-order valence-electron chi connectivity index (χ4n) is 1.97. The second-order valence-corrected chi connectivity index (χ2v) is 10.3. The van der Waals surface area contributed by atoms with Gasteiger partial charge in [-0.3, -0.25) is 5.01 Å². The monoisotopic (exact) mass is 240 g/mol. The second kappa shape index (κ2) is 4.74. The SMILES string of the molecule is CN(N=O)C(c1ccc(F)cc1)[Si](C)(C)C. The van der Waals surface area contributed by atoms with E-state index in [0.717, 1.165) is 5.56 Å². The number of nitroso groups, excluding NO2 is 1. The summed E-state index contributed by atoms with van der Waals surface area (Å²) in [5, 5.41) is 4.41. The Bertz CT molecular complexity index is 361. The average Bonchev–Trinajstić information content (AvgIpc) is 2.19. The lowest BCUT2D eigenvalue weighted by Gasteiger charge is -2.33. The van der Waals surface area contributed by atoms with Crippen molar-refractivity contribution in [2.45, 2.75) is 25.3 Å². The first kappa shape index (κ1) is 12.8. The first-order valence-corrected chi connectivity index (χ1v) is 8.75.